The van der Waals surface area contributed by atoms with Crippen molar-refractivity contribution in [1.82, 2.24) is 4.90 Å². The van der Waals surface area contributed by atoms with E-state index < -0.39 is 0 Å². The Kier molecular flexibility index (Phi) is 5.27. The fourth-order valence-electron chi connectivity index (χ4n) is 3.39. The van der Waals surface area contributed by atoms with Gasteiger partial charge in [-0.25, -0.2) is 0 Å². The third kappa shape index (κ3) is 4.07. The third-order valence-corrected chi connectivity index (χ3v) is 5.18. The van der Waals surface area contributed by atoms with Crippen LogP contribution in [0.2, 0.25) is 5.02 Å². The molecular weight excluding hydrogens is 310 g/mol. The van der Waals surface area contributed by atoms with Crippen LogP contribution in [0.4, 0.5) is 0 Å². The molecule has 1 aliphatic carbocycles. The molecule has 2 aliphatic rings. The lowest BCUT2D eigenvalue weighted by Gasteiger charge is -2.32. The summed E-state index contributed by atoms with van der Waals surface area (Å²) in [6.07, 6.45) is 3.18. The minimum atomic E-state index is 0.128. The number of benzene rings is 1. The molecule has 2 fully saturated rings. The molecule has 0 bridgehead atoms. The van der Waals surface area contributed by atoms with Crippen LogP contribution in [0.1, 0.15) is 44.6 Å². The lowest BCUT2D eigenvalue weighted by Crippen LogP contribution is -2.42. The molecule has 1 saturated heterocycles. The molecule has 0 radical (unpaired) electrons. The second-order valence-corrected chi connectivity index (χ2v) is 7.63. The summed E-state index contributed by atoms with van der Waals surface area (Å²) in [5, 5.41) is 0.786. The Morgan fingerprint density at radius 2 is 2.00 bits per heavy atom. The summed E-state index contributed by atoms with van der Waals surface area (Å²) in [7, 11) is 0. The fraction of sp³-hybridized carbons (Fsp3) is 0.632. The molecule has 3 nitrogen and oxygen atoms in total. The van der Waals surface area contributed by atoms with Crippen molar-refractivity contribution in [3.8, 4) is 0 Å². The zero-order valence-electron chi connectivity index (χ0n) is 14.0. The molecule has 3 rings (SSSR count). The number of halogens is 1. The van der Waals surface area contributed by atoms with Crippen LogP contribution in [-0.4, -0.2) is 36.6 Å². The Morgan fingerprint density at radius 3 is 2.65 bits per heavy atom. The van der Waals surface area contributed by atoms with Gasteiger partial charge in [0.2, 0.25) is 5.91 Å². The highest BCUT2D eigenvalue weighted by molar-refractivity contribution is 6.31. The van der Waals surface area contributed by atoms with Crippen LogP contribution in [-0.2, 0) is 9.53 Å². The molecule has 1 aromatic rings. The van der Waals surface area contributed by atoms with Gasteiger partial charge in [0.25, 0.3) is 0 Å². The fourth-order valence-corrected chi connectivity index (χ4v) is 3.67. The number of likely N-dealkylation sites (tertiary alicyclic amines) is 1. The molecule has 23 heavy (non-hydrogen) atoms. The molecule has 4 heteroatoms. The minimum Gasteiger partial charge on any atom is -0.378 e. The van der Waals surface area contributed by atoms with E-state index in [4.69, 9.17) is 16.3 Å². The van der Waals surface area contributed by atoms with Crippen LogP contribution in [0.15, 0.2) is 24.3 Å². The number of ether oxygens (including phenoxy) is 1. The van der Waals surface area contributed by atoms with Gasteiger partial charge < -0.3 is 9.64 Å². The maximum absolute atomic E-state index is 12.7. The van der Waals surface area contributed by atoms with Crippen molar-refractivity contribution >= 4 is 17.5 Å². The highest BCUT2D eigenvalue weighted by Crippen LogP contribution is 2.50. The topological polar surface area (TPSA) is 29.5 Å². The SMILES string of the molecule is CC(C)COC1CCN(C(=O)[C@@H]2C[C@H]2c2ccccc2Cl)CC1. The van der Waals surface area contributed by atoms with E-state index in [9.17, 15) is 4.79 Å². The van der Waals surface area contributed by atoms with Crippen LogP contribution in [0, 0.1) is 11.8 Å². The molecule has 1 heterocycles. The van der Waals surface area contributed by atoms with E-state index in [1.54, 1.807) is 0 Å². The van der Waals surface area contributed by atoms with Crippen molar-refractivity contribution in [3.05, 3.63) is 34.9 Å². The van der Waals surface area contributed by atoms with E-state index >= 15 is 0 Å². The van der Waals surface area contributed by atoms with Gasteiger partial charge in [-0.15, -0.1) is 0 Å². The smallest absolute Gasteiger partial charge is 0.226 e. The average Bonchev–Trinajstić information content (AvgIpc) is 3.33. The molecule has 126 valence electrons. The number of rotatable bonds is 5. The number of carbonyl (C=O) groups excluding carboxylic acids is 1. The molecule has 2 atom stereocenters. The van der Waals surface area contributed by atoms with Crippen molar-refractivity contribution < 1.29 is 9.53 Å². The van der Waals surface area contributed by atoms with Crippen LogP contribution in [0.3, 0.4) is 0 Å². The molecule has 0 aromatic heterocycles. The third-order valence-electron chi connectivity index (χ3n) is 4.83. The molecule has 1 amide bonds. The Labute approximate surface area is 144 Å². The molecule has 0 spiro atoms. The van der Waals surface area contributed by atoms with Gasteiger partial charge in [-0.05, 0) is 42.7 Å². The normalized spacial score (nSPS) is 25.0. The Balaban J connectivity index is 1.49. The summed E-state index contributed by atoms with van der Waals surface area (Å²) < 4.78 is 5.90. The first kappa shape index (κ1) is 16.8. The van der Waals surface area contributed by atoms with Gasteiger partial charge in [-0.2, -0.15) is 0 Å². The summed E-state index contributed by atoms with van der Waals surface area (Å²) in [5.74, 6) is 1.31. The quantitative estimate of drug-likeness (QED) is 0.810. The van der Waals surface area contributed by atoms with E-state index in [0.29, 0.717) is 23.8 Å². The van der Waals surface area contributed by atoms with Crippen LogP contribution >= 0.6 is 11.6 Å². The van der Waals surface area contributed by atoms with Crippen LogP contribution in [0.25, 0.3) is 0 Å². The minimum absolute atomic E-state index is 0.128. The molecule has 1 aromatic carbocycles. The van der Waals surface area contributed by atoms with E-state index in [-0.39, 0.29) is 5.92 Å². The van der Waals surface area contributed by atoms with Crippen LogP contribution < -0.4 is 0 Å². The van der Waals surface area contributed by atoms with Gasteiger partial charge in [0.05, 0.1) is 6.10 Å². The van der Waals surface area contributed by atoms with Crippen molar-refractivity contribution in [1.29, 1.82) is 0 Å². The number of amides is 1. The molecule has 1 aliphatic heterocycles. The van der Waals surface area contributed by atoms with E-state index in [1.165, 1.54) is 0 Å². The summed E-state index contributed by atoms with van der Waals surface area (Å²) >= 11 is 6.25. The average molecular weight is 336 g/mol. The van der Waals surface area contributed by atoms with E-state index in [1.807, 2.05) is 29.2 Å². The summed E-state index contributed by atoms with van der Waals surface area (Å²) in [6, 6.07) is 7.90. The monoisotopic (exact) mass is 335 g/mol. The van der Waals surface area contributed by atoms with E-state index in [0.717, 1.165) is 49.5 Å². The van der Waals surface area contributed by atoms with Gasteiger partial charge in [0.1, 0.15) is 0 Å². The van der Waals surface area contributed by atoms with Crippen molar-refractivity contribution in [3.63, 3.8) is 0 Å². The highest BCUT2D eigenvalue weighted by atomic mass is 35.5. The van der Waals surface area contributed by atoms with Gasteiger partial charge in [-0.1, -0.05) is 43.6 Å². The zero-order valence-corrected chi connectivity index (χ0v) is 14.8. The number of hydrogen-bond donors (Lipinski definition) is 0. The Bertz CT molecular complexity index is 552. The number of carbonyl (C=O) groups is 1. The number of hydrogen-bond acceptors (Lipinski definition) is 2. The second-order valence-electron chi connectivity index (χ2n) is 7.22. The molecular formula is C19H26ClNO2. The molecule has 1 saturated carbocycles. The lowest BCUT2D eigenvalue weighted by molar-refractivity contribution is -0.135. The number of piperidine rings is 1. The Hall–Kier alpha value is -1.06. The largest absolute Gasteiger partial charge is 0.378 e. The highest BCUT2D eigenvalue weighted by Gasteiger charge is 2.46. The Morgan fingerprint density at radius 1 is 1.30 bits per heavy atom. The van der Waals surface area contributed by atoms with Crippen molar-refractivity contribution in [2.75, 3.05) is 19.7 Å². The van der Waals surface area contributed by atoms with Gasteiger partial charge in [-0.3, -0.25) is 4.79 Å². The first-order chi connectivity index (χ1) is 11.1. The maximum atomic E-state index is 12.7. The summed E-state index contributed by atoms with van der Waals surface area (Å²) in [6.45, 7) is 6.80. The second kappa shape index (κ2) is 7.23. The van der Waals surface area contributed by atoms with Gasteiger partial charge in [0, 0.05) is 30.6 Å². The van der Waals surface area contributed by atoms with Crippen molar-refractivity contribution in [2.45, 2.75) is 45.1 Å². The molecule has 0 N–H and O–H groups in total. The first-order valence-corrected chi connectivity index (χ1v) is 9.09. The van der Waals surface area contributed by atoms with E-state index in [2.05, 4.69) is 13.8 Å². The maximum Gasteiger partial charge on any atom is 0.226 e. The summed E-state index contributed by atoms with van der Waals surface area (Å²) in [4.78, 5) is 14.7. The van der Waals surface area contributed by atoms with Crippen molar-refractivity contribution in [2.24, 2.45) is 11.8 Å². The molecule has 0 unspecified atom stereocenters. The van der Waals surface area contributed by atoms with Gasteiger partial charge >= 0.3 is 0 Å². The lowest BCUT2D eigenvalue weighted by atomic mass is 10.1. The zero-order chi connectivity index (χ0) is 16.4. The summed E-state index contributed by atoms with van der Waals surface area (Å²) in [5.41, 5.74) is 1.13. The van der Waals surface area contributed by atoms with Crippen LogP contribution in [0.5, 0.6) is 0 Å². The predicted molar refractivity (Wildman–Crippen MR) is 92.7 cm³/mol. The number of nitrogens with zero attached hydrogens (tertiary/aromatic N) is 1. The van der Waals surface area contributed by atoms with Gasteiger partial charge in [0.15, 0.2) is 0 Å². The predicted octanol–water partition coefficient (Wildman–Crippen LogP) is 4.11. The first-order valence-electron chi connectivity index (χ1n) is 8.71. The standard InChI is InChI=1S/C19H26ClNO2/c1-13(2)12-23-14-7-9-21(10-8-14)19(22)17-11-16(17)15-5-3-4-6-18(15)20/h3-6,13-14,16-17H,7-12H2,1-2H3/t16-,17+/m0/s1.